The Bertz CT molecular complexity index is 750. The maximum Gasteiger partial charge on any atom is 0.145 e. The number of benzene rings is 1. The highest BCUT2D eigenvalue weighted by Crippen LogP contribution is 2.27. The number of aryl methyl sites for hydroxylation is 1. The lowest BCUT2D eigenvalue weighted by molar-refractivity contribution is 0.549. The highest BCUT2D eigenvalue weighted by molar-refractivity contribution is 7.15. The van der Waals surface area contributed by atoms with Crippen LogP contribution >= 0.6 is 22.9 Å². The molecule has 3 aromatic rings. The fraction of sp³-hybridized carbons (Fsp3) is 0.235. The maximum atomic E-state index is 5.98. The molecule has 3 rings (SSSR count). The van der Waals surface area contributed by atoms with Gasteiger partial charge >= 0.3 is 0 Å². The van der Waals surface area contributed by atoms with Crippen LogP contribution in [-0.2, 0) is 13.0 Å². The van der Waals surface area contributed by atoms with Crippen molar-refractivity contribution in [2.24, 2.45) is 0 Å². The Morgan fingerprint density at radius 3 is 2.95 bits per heavy atom. The van der Waals surface area contributed by atoms with E-state index in [0.29, 0.717) is 0 Å². The van der Waals surface area contributed by atoms with E-state index in [1.807, 2.05) is 43.5 Å². The van der Waals surface area contributed by atoms with Gasteiger partial charge in [0.15, 0.2) is 0 Å². The van der Waals surface area contributed by atoms with Crippen LogP contribution < -0.4 is 5.32 Å². The number of aromatic nitrogens is 1. The van der Waals surface area contributed by atoms with Crippen molar-refractivity contribution in [3.05, 3.63) is 63.9 Å². The molecule has 0 aliphatic rings. The third-order valence-corrected chi connectivity index (χ3v) is 4.54. The Hall–Kier alpha value is -1.62. The number of nitrogens with zero attached hydrogens (tertiary/aromatic N) is 1. The van der Waals surface area contributed by atoms with E-state index in [4.69, 9.17) is 16.0 Å². The van der Waals surface area contributed by atoms with E-state index in [1.165, 1.54) is 5.56 Å². The highest BCUT2D eigenvalue weighted by atomic mass is 35.5. The number of halogens is 1. The molecule has 0 fully saturated rings. The van der Waals surface area contributed by atoms with Crippen molar-refractivity contribution in [2.75, 3.05) is 6.54 Å². The summed E-state index contributed by atoms with van der Waals surface area (Å²) in [5.74, 6) is 1.81. The predicted molar refractivity (Wildman–Crippen MR) is 91.4 cm³/mol. The van der Waals surface area contributed by atoms with Gasteiger partial charge in [-0.25, -0.2) is 4.98 Å². The van der Waals surface area contributed by atoms with E-state index in [2.05, 4.69) is 16.4 Å². The second kappa shape index (κ2) is 7.09. The normalized spacial score (nSPS) is 11.0. The van der Waals surface area contributed by atoms with Crippen molar-refractivity contribution >= 4 is 22.9 Å². The van der Waals surface area contributed by atoms with Crippen molar-refractivity contribution in [3.63, 3.8) is 0 Å². The van der Waals surface area contributed by atoms with Crippen LogP contribution in [0.15, 0.2) is 47.0 Å². The minimum absolute atomic E-state index is 0.769. The van der Waals surface area contributed by atoms with Gasteiger partial charge in [0.1, 0.15) is 16.5 Å². The number of thiazole rings is 1. The molecule has 1 aromatic carbocycles. The lowest BCUT2D eigenvalue weighted by atomic mass is 10.1. The van der Waals surface area contributed by atoms with Crippen molar-refractivity contribution in [1.29, 1.82) is 0 Å². The molecule has 1 N–H and O–H groups in total. The standard InChI is InChI=1S/C17H17ClN2OS/c1-12-5-6-15(21-12)16-10-20-17(22-16)11-19-8-7-13-3-2-4-14(18)9-13/h2-6,9-10,19H,7-8,11H2,1H3. The van der Waals surface area contributed by atoms with Gasteiger partial charge in [-0.3, -0.25) is 0 Å². The molecule has 2 heterocycles. The molecule has 5 heteroatoms. The van der Waals surface area contributed by atoms with Crippen molar-refractivity contribution in [2.45, 2.75) is 19.9 Å². The zero-order valence-corrected chi connectivity index (χ0v) is 13.9. The molecule has 0 amide bonds. The Labute approximate surface area is 139 Å². The fourth-order valence-corrected chi connectivity index (χ4v) is 3.26. The Morgan fingerprint density at radius 1 is 1.27 bits per heavy atom. The summed E-state index contributed by atoms with van der Waals surface area (Å²) >= 11 is 7.64. The van der Waals surface area contributed by atoms with Gasteiger partial charge in [-0.2, -0.15) is 0 Å². The van der Waals surface area contributed by atoms with Crippen LogP contribution in [0.3, 0.4) is 0 Å². The minimum atomic E-state index is 0.769. The molecule has 0 unspecified atom stereocenters. The third kappa shape index (κ3) is 3.97. The van der Waals surface area contributed by atoms with Crippen LogP contribution in [0, 0.1) is 6.92 Å². The van der Waals surface area contributed by atoms with Gasteiger partial charge in [0.25, 0.3) is 0 Å². The number of nitrogens with one attached hydrogen (secondary N) is 1. The molecular formula is C17H17ClN2OS. The molecule has 2 aromatic heterocycles. The molecule has 114 valence electrons. The Morgan fingerprint density at radius 2 is 2.18 bits per heavy atom. The Kier molecular flexibility index (Phi) is 4.93. The van der Waals surface area contributed by atoms with Crippen molar-refractivity contribution < 1.29 is 4.42 Å². The van der Waals surface area contributed by atoms with Gasteiger partial charge in [-0.05, 0) is 49.7 Å². The summed E-state index contributed by atoms with van der Waals surface area (Å²) in [5.41, 5.74) is 1.24. The van der Waals surface area contributed by atoms with Crippen LogP contribution in [0.1, 0.15) is 16.3 Å². The largest absolute Gasteiger partial charge is 0.460 e. The van der Waals surface area contributed by atoms with E-state index < -0.39 is 0 Å². The molecule has 0 atom stereocenters. The molecular weight excluding hydrogens is 316 g/mol. The number of hydrogen-bond acceptors (Lipinski definition) is 4. The van der Waals surface area contributed by atoms with Gasteiger partial charge in [0.05, 0.1) is 4.88 Å². The lowest BCUT2D eigenvalue weighted by Gasteiger charge is -2.03. The van der Waals surface area contributed by atoms with Gasteiger partial charge in [0.2, 0.25) is 0 Å². The summed E-state index contributed by atoms with van der Waals surface area (Å²) in [6, 6.07) is 11.9. The summed E-state index contributed by atoms with van der Waals surface area (Å²) in [6.45, 7) is 3.61. The van der Waals surface area contributed by atoms with E-state index in [0.717, 1.165) is 45.9 Å². The monoisotopic (exact) mass is 332 g/mol. The fourth-order valence-electron chi connectivity index (χ4n) is 2.19. The zero-order valence-electron chi connectivity index (χ0n) is 12.3. The second-order valence-electron chi connectivity index (χ2n) is 5.09. The van der Waals surface area contributed by atoms with Crippen molar-refractivity contribution in [3.8, 4) is 10.6 Å². The molecule has 22 heavy (non-hydrogen) atoms. The quantitative estimate of drug-likeness (QED) is 0.665. The molecule has 0 spiro atoms. The van der Waals surface area contributed by atoms with Gasteiger partial charge in [0, 0.05) is 17.8 Å². The van der Waals surface area contributed by atoms with Crippen LogP contribution in [0.5, 0.6) is 0 Å². The molecule has 0 radical (unpaired) electrons. The molecule has 0 saturated heterocycles. The van der Waals surface area contributed by atoms with Gasteiger partial charge in [-0.15, -0.1) is 11.3 Å². The molecule has 0 aliphatic heterocycles. The predicted octanol–water partition coefficient (Wildman–Crippen LogP) is 4.70. The van der Waals surface area contributed by atoms with Gasteiger partial charge < -0.3 is 9.73 Å². The van der Waals surface area contributed by atoms with Crippen LogP contribution in [0.2, 0.25) is 5.02 Å². The minimum Gasteiger partial charge on any atom is -0.460 e. The number of furan rings is 1. The van der Waals surface area contributed by atoms with Crippen molar-refractivity contribution in [1.82, 2.24) is 10.3 Å². The molecule has 0 aliphatic carbocycles. The van der Waals surface area contributed by atoms with Crippen LogP contribution in [-0.4, -0.2) is 11.5 Å². The SMILES string of the molecule is Cc1ccc(-c2cnc(CNCCc3cccc(Cl)c3)s2)o1. The topological polar surface area (TPSA) is 38.1 Å². The number of rotatable bonds is 6. The first-order valence-corrected chi connectivity index (χ1v) is 8.37. The lowest BCUT2D eigenvalue weighted by Crippen LogP contribution is -2.16. The molecule has 0 bridgehead atoms. The first-order valence-electron chi connectivity index (χ1n) is 7.17. The van der Waals surface area contributed by atoms with E-state index in [1.54, 1.807) is 11.3 Å². The summed E-state index contributed by atoms with van der Waals surface area (Å²) in [5, 5.41) is 5.27. The average Bonchev–Trinajstić information content (AvgIpc) is 3.12. The Balaban J connectivity index is 1.49. The smallest absolute Gasteiger partial charge is 0.145 e. The summed E-state index contributed by atoms with van der Waals surface area (Å²) in [6.07, 6.45) is 2.83. The summed E-state index contributed by atoms with van der Waals surface area (Å²) in [4.78, 5) is 5.50. The van der Waals surface area contributed by atoms with Crippen LogP contribution in [0.4, 0.5) is 0 Å². The summed E-state index contributed by atoms with van der Waals surface area (Å²) < 4.78 is 5.62. The molecule has 3 nitrogen and oxygen atoms in total. The average molecular weight is 333 g/mol. The highest BCUT2D eigenvalue weighted by Gasteiger charge is 2.07. The number of hydrogen-bond donors (Lipinski definition) is 1. The molecule has 0 saturated carbocycles. The second-order valence-corrected chi connectivity index (χ2v) is 6.64. The zero-order chi connectivity index (χ0) is 15.4. The summed E-state index contributed by atoms with van der Waals surface area (Å²) in [7, 11) is 0. The first-order chi connectivity index (χ1) is 10.7. The maximum absolute atomic E-state index is 5.98. The van der Waals surface area contributed by atoms with E-state index in [-0.39, 0.29) is 0 Å². The van der Waals surface area contributed by atoms with E-state index in [9.17, 15) is 0 Å². The van der Waals surface area contributed by atoms with E-state index >= 15 is 0 Å². The van der Waals surface area contributed by atoms with Gasteiger partial charge in [-0.1, -0.05) is 23.7 Å². The first kappa shape index (κ1) is 15.3. The van der Waals surface area contributed by atoms with Crippen LogP contribution in [0.25, 0.3) is 10.6 Å². The third-order valence-electron chi connectivity index (χ3n) is 3.29.